The van der Waals surface area contributed by atoms with Crippen molar-refractivity contribution < 1.29 is 34.1 Å². The summed E-state index contributed by atoms with van der Waals surface area (Å²) in [7, 11) is 7.13. The number of hydroxylamine groups is 2. The number of fused-ring (bicyclic) bond motifs is 2. The highest BCUT2D eigenvalue weighted by Gasteiger charge is 2.57. The van der Waals surface area contributed by atoms with E-state index in [0.717, 1.165) is 40.1 Å². The fourth-order valence-electron chi connectivity index (χ4n) is 9.67. The molecule has 292 valence electrons. The van der Waals surface area contributed by atoms with Crippen molar-refractivity contribution in [1.82, 2.24) is 10.4 Å². The number of hydrogen-bond acceptors (Lipinski definition) is 9. The standard InChI is InChI=1S/C44H59N3O7/c1-26-30(19-33-23-36(26)44(33,3)4)22-37(50)41-40(27(2)49)39(25-48)54-47(41)24-29-13-11-14-35(42(29)53-8)31-18-32(21-34(20-31)46(5)6)43(51)45-17-16-28-12-9-10-15-38(28)52-7/h9-15,18,20-21,26-27,30,33,36,39-41,48-49H,16-17,19,22-25H2,1-8H3,(H,45,51)/t26-,27+,30-,33+,36+,39+,40-,41?/m1/s1. The van der Waals surface area contributed by atoms with Crippen LogP contribution in [0.15, 0.2) is 60.7 Å². The average molecular weight is 742 g/mol. The minimum absolute atomic E-state index is 0.0444. The van der Waals surface area contributed by atoms with E-state index in [1.54, 1.807) is 26.2 Å². The molecular formula is C44H59N3O7. The summed E-state index contributed by atoms with van der Waals surface area (Å²) in [5.74, 6) is 2.63. The maximum absolute atomic E-state index is 14.4. The highest BCUT2D eigenvalue weighted by Crippen LogP contribution is 2.63. The minimum Gasteiger partial charge on any atom is -0.496 e. The van der Waals surface area contributed by atoms with Gasteiger partial charge < -0.3 is 29.9 Å². The lowest BCUT2D eigenvalue weighted by Crippen LogP contribution is -2.55. The number of nitrogens with zero attached hydrogens (tertiary/aromatic N) is 2. The number of Topliss-reactive ketones (excluding diaryl/α,β-unsaturated/α-hetero) is 1. The second-order valence-corrected chi connectivity index (χ2v) is 16.5. The highest BCUT2D eigenvalue weighted by atomic mass is 16.7. The summed E-state index contributed by atoms with van der Waals surface area (Å²) in [6.07, 6.45) is 1.75. The molecule has 1 heterocycles. The Morgan fingerprint density at radius 2 is 1.78 bits per heavy atom. The van der Waals surface area contributed by atoms with Gasteiger partial charge in [0.1, 0.15) is 23.6 Å². The van der Waals surface area contributed by atoms with Gasteiger partial charge in [0.25, 0.3) is 5.91 Å². The van der Waals surface area contributed by atoms with Crippen LogP contribution < -0.4 is 19.7 Å². The van der Waals surface area contributed by atoms with Crippen LogP contribution in [-0.2, 0) is 22.6 Å². The lowest BCUT2D eigenvalue weighted by molar-refractivity contribution is -0.183. The zero-order chi connectivity index (χ0) is 38.9. The van der Waals surface area contributed by atoms with E-state index in [-0.39, 0.29) is 30.8 Å². The first kappa shape index (κ1) is 39.7. The molecule has 0 spiro atoms. The van der Waals surface area contributed by atoms with Gasteiger partial charge in [-0.2, -0.15) is 5.06 Å². The Bertz CT molecular complexity index is 1810. The molecule has 0 radical (unpaired) electrons. The van der Waals surface area contributed by atoms with Crippen molar-refractivity contribution in [3.05, 3.63) is 77.4 Å². The van der Waals surface area contributed by atoms with E-state index in [2.05, 4.69) is 26.1 Å². The van der Waals surface area contributed by atoms with Gasteiger partial charge in [0, 0.05) is 55.4 Å². The number of hydrogen-bond donors (Lipinski definition) is 3. The SMILES string of the molecule is COc1ccccc1CCNC(=O)c1cc(-c2cccc(CN3O[C@@H](CO)[C@@H]([C@H](C)O)C3C(=O)C[C@H]3C[C@H]4C[C@@H]([C@@H]3C)C4(C)C)c2OC)cc(N(C)C)c1. The Hall–Kier alpha value is -3.96. The number of methoxy groups -OCH3 is 2. The summed E-state index contributed by atoms with van der Waals surface area (Å²) >= 11 is 0. The van der Waals surface area contributed by atoms with Crippen molar-refractivity contribution in [3.63, 3.8) is 0 Å². The van der Waals surface area contributed by atoms with Crippen molar-refractivity contribution in [2.45, 2.75) is 78.2 Å². The van der Waals surface area contributed by atoms with Crippen LogP contribution in [0.5, 0.6) is 11.5 Å². The fourth-order valence-corrected chi connectivity index (χ4v) is 9.67. The number of anilines is 1. The van der Waals surface area contributed by atoms with Crippen LogP contribution in [0, 0.1) is 35.0 Å². The van der Waals surface area contributed by atoms with Gasteiger partial charge >= 0.3 is 0 Å². The number of carbonyl (C=O) groups is 2. The topological polar surface area (TPSA) is 121 Å². The summed E-state index contributed by atoms with van der Waals surface area (Å²) in [6.45, 7) is 9.02. The van der Waals surface area contributed by atoms with Crippen LogP contribution >= 0.6 is 0 Å². The second kappa shape index (κ2) is 16.4. The molecule has 3 aliphatic carbocycles. The van der Waals surface area contributed by atoms with Gasteiger partial charge in [0.05, 0.1) is 33.5 Å². The lowest BCUT2D eigenvalue weighted by Gasteiger charge is -2.62. The predicted molar refractivity (Wildman–Crippen MR) is 211 cm³/mol. The molecule has 0 aromatic heterocycles. The van der Waals surface area contributed by atoms with E-state index in [1.165, 1.54) is 6.42 Å². The van der Waals surface area contributed by atoms with E-state index >= 15 is 0 Å². The molecule has 7 rings (SSSR count). The smallest absolute Gasteiger partial charge is 0.251 e. The van der Waals surface area contributed by atoms with E-state index < -0.39 is 24.2 Å². The molecular weight excluding hydrogens is 682 g/mol. The van der Waals surface area contributed by atoms with Crippen LogP contribution in [0.1, 0.15) is 68.4 Å². The van der Waals surface area contributed by atoms with Gasteiger partial charge in [0.15, 0.2) is 5.78 Å². The van der Waals surface area contributed by atoms with Gasteiger partial charge in [-0.1, -0.05) is 57.2 Å². The van der Waals surface area contributed by atoms with Crippen molar-refractivity contribution in [1.29, 1.82) is 0 Å². The number of aliphatic hydroxyl groups is 2. The number of carbonyl (C=O) groups excluding carboxylic acids is 2. The molecule has 4 fully saturated rings. The molecule has 3 saturated carbocycles. The van der Waals surface area contributed by atoms with Crippen LogP contribution in [0.2, 0.25) is 0 Å². The maximum atomic E-state index is 14.4. The van der Waals surface area contributed by atoms with Crippen LogP contribution in [-0.4, -0.2) is 86.7 Å². The summed E-state index contributed by atoms with van der Waals surface area (Å²) in [5, 5.41) is 26.1. The van der Waals surface area contributed by atoms with Crippen molar-refractivity contribution in [2.75, 3.05) is 46.4 Å². The summed E-state index contributed by atoms with van der Waals surface area (Å²) < 4.78 is 11.6. The molecule has 3 aromatic rings. The highest BCUT2D eigenvalue weighted by molar-refractivity contribution is 5.97. The Labute approximate surface area is 320 Å². The first-order chi connectivity index (χ1) is 25.8. The normalized spacial score (nSPS) is 26.4. The Balaban J connectivity index is 1.25. The average Bonchev–Trinajstić information content (AvgIpc) is 3.53. The van der Waals surface area contributed by atoms with E-state index in [1.807, 2.05) is 79.7 Å². The molecule has 1 aliphatic heterocycles. The largest absolute Gasteiger partial charge is 0.496 e. The lowest BCUT2D eigenvalue weighted by atomic mass is 9.43. The van der Waals surface area contributed by atoms with Gasteiger partial charge in [-0.3, -0.25) is 14.4 Å². The van der Waals surface area contributed by atoms with Crippen molar-refractivity contribution in [3.8, 4) is 22.6 Å². The zero-order valence-corrected chi connectivity index (χ0v) is 33.2. The van der Waals surface area contributed by atoms with Crippen molar-refractivity contribution >= 4 is 17.4 Å². The van der Waals surface area contributed by atoms with Crippen molar-refractivity contribution in [2.24, 2.45) is 35.0 Å². The number of ketones is 1. The molecule has 1 amide bonds. The molecule has 1 unspecified atom stereocenters. The van der Waals surface area contributed by atoms with Crippen LogP contribution in [0.3, 0.4) is 0 Å². The molecule has 10 heteroatoms. The predicted octanol–water partition coefficient (Wildman–Crippen LogP) is 6.16. The molecule has 1 saturated heterocycles. The van der Waals surface area contributed by atoms with Crippen LogP contribution in [0.4, 0.5) is 5.69 Å². The summed E-state index contributed by atoms with van der Waals surface area (Å²) in [5.41, 5.74) is 5.07. The third-order valence-electron chi connectivity index (χ3n) is 12.9. The second-order valence-electron chi connectivity index (χ2n) is 16.5. The number of benzene rings is 3. The van der Waals surface area contributed by atoms with E-state index in [0.29, 0.717) is 53.9 Å². The Kier molecular flexibility index (Phi) is 12.1. The quantitative estimate of drug-likeness (QED) is 0.168. The third kappa shape index (κ3) is 7.76. The molecule has 4 aliphatic rings. The maximum Gasteiger partial charge on any atom is 0.251 e. The first-order valence-corrected chi connectivity index (χ1v) is 19.4. The van der Waals surface area contributed by atoms with E-state index in [9.17, 15) is 19.8 Å². The molecule has 10 nitrogen and oxygen atoms in total. The number of rotatable bonds is 15. The molecule has 3 N–H and O–H groups in total. The molecule has 3 aromatic carbocycles. The Morgan fingerprint density at radius 3 is 2.43 bits per heavy atom. The summed E-state index contributed by atoms with van der Waals surface area (Å²) in [4.78, 5) is 36.2. The summed E-state index contributed by atoms with van der Waals surface area (Å²) in [6, 6.07) is 18.7. The molecule has 54 heavy (non-hydrogen) atoms. The van der Waals surface area contributed by atoms with Gasteiger partial charge in [-0.25, -0.2) is 0 Å². The first-order valence-electron chi connectivity index (χ1n) is 19.4. The van der Waals surface area contributed by atoms with Gasteiger partial charge in [-0.05, 0) is 90.7 Å². The number of nitrogens with one attached hydrogen (secondary N) is 1. The zero-order valence-electron chi connectivity index (χ0n) is 33.2. The fraction of sp³-hybridized carbons (Fsp3) is 0.545. The minimum atomic E-state index is -0.862. The van der Waals surface area contributed by atoms with Crippen LogP contribution in [0.25, 0.3) is 11.1 Å². The van der Waals surface area contributed by atoms with Gasteiger partial charge in [-0.15, -0.1) is 0 Å². The third-order valence-corrected chi connectivity index (χ3v) is 12.9. The Morgan fingerprint density at radius 1 is 1.04 bits per heavy atom. The number of ether oxygens (including phenoxy) is 2. The number of aliphatic hydroxyl groups excluding tert-OH is 2. The number of para-hydroxylation sites is 2. The number of amides is 1. The molecule has 2 bridgehead atoms. The molecule has 8 atom stereocenters. The van der Waals surface area contributed by atoms with E-state index in [4.69, 9.17) is 14.3 Å². The van der Waals surface area contributed by atoms with Gasteiger partial charge in [0.2, 0.25) is 0 Å². The monoisotopic (exact) mass is 741 g/mol.